The third kappa shape index (κ3) is 3.08. The summed E-state index contributed by atoms with van der Waals surface area (Å²) in [7, 11) is -3.80. The topological polar surface area (TPSA) is 66.4 Å². The van der Waals surface area contributed by atoms with Gasteiger partial charge in [-0.2, -0.15) is 0 Å². The van der Waals surface area contributed by atoms with Crippen molar-refractivity contribution in [2.75, 3.05) is 4.72 Å². The molecule has 0 aliphatic heterocycles. The van der Waals surface area contributed by atoms with E-state index in [1.807, 2.05) is 0 Å². The van der Waals surface area contributed by atoms with E-state index in [9.17, 15) is 13.5 Å². The van der Waals surface area contributed by atoms with Crippen molar-refractivity contribution in [3.8, 4) is 5.75 Å². The number of hydrogen-bond donors (Lipinski definition) is 2. The molecule has 0 saturated carbocycles. The SMILES string of the molecule is O=S(=O)(Nc1cc(Cl)c(O)c2ccccc12)c1ccc(Cl)cc1. The minimum atomic E-state index is -3.80. The fraction of sp³-hybridized carbons (Fsp3) is 0. The zero-order valence-corrected chi connectivity index (χ0v) is 14.0. The number of rotatable bonds is 3. The molecule has 3 rings (SSSR count). The van der Waals surface area contributed by atoms with E-state index in [0.717, 1.165) is 0 Å². The lowest BCUT2D eigenvalue weighted by atomic mass is 10.1. The van der Waals surface area contributed by atoms with Crippen LogP contribution in [-0.4, -0.2) is 13.5 Å². The van der Waals surface area contributed by atoms with Crippen LogP contribution in [0.1, 0.15) is 0 Å². The molecule has 0 radical (unpaired) electrons. The average molecular weight is 368 g/mol. The Hall–Kier alpha value is -1.95. The lowest BCUT2D eigenvalue weighted by Gasteiger charge is -2.13. The maximum atomic E-state index is 12.5. The number of anilines is 1. The van der Waals surface area contributed by atoms with Crippen LogP contribution in [0.5, 0.6) is 5.75 Å². The maximum Gasteiger partial charge on any atom is 0.261 e. The van der Waals surface area contributed by atoms with Crippen molar-refractivity contribution in [2.24, 2.45) is 0 Å². The molecule has 4 nitrogen and oxygen atoms in total. The molecule has 0 unspecified atom stereocenters. The molecule has 0 fully saturated rings. The van der Waals surface area contributed by atoms with Gasteiger partial charge in [-0.05, 0) is 30.3 Å². The summed E-state index contributed by atoms with van der Waals surface area (Å²) in [5, 5.41) is 11.5. The molecule has 0 spiro atoms. The first kappa shape index (κ1) is 15.9. The lowest BCUT2D eigenvalue weighted by molar-refractivity contribution is 0.482. The summed E-state index contributed by atoms with van der Waals surface area (Å²) < 4.78 is 27.5. The molecular formula is C16H11Cl2NO3S. The van der Waals surface area contributed by atoms with Gasteiger partial charge < -0.3 is 5.11 Å². The van der Waals surface area contributed by atoms with Crippen LogP contribution in [0.2, 0.25) is 10.0 Å². The largest absolute Gasteiger partial charge is 0.506 e. The van der Waals surface area contributed by atoms with E-state index < -0.39 is 10.0 Å². The van der Waals surface area contributed by atoms with Gasteiger partial charge in [0, 0.05) is 15.8 Å². The highest BCUT2D eigenvalue weighted by Crippen LogP contribution is 2.38. The smallest absolute Gasteiger partial charge is 0.261 e. The van der Waals surface area contributed by atoms with E-state index >= 15 is 0 Å². The molecule has 7 heteroatoms. The van der Waals surface area contributed by atoms with Crippen molar-refractivity contribution < 1.29 is 13.5 Å². The Morgan fingerprint density at radius 1 is 0.913 bits per heavy atom. The molecule has 0 amide bonds. The zero-order chi connectivity index (χ0) is 16.6. The number of phenols is 1. The number of fused-ring (bicyclic) bond motifs is 1. The van der Waals surface area contributed by atoms with E-state index in [4.69, 9.17) is 23.2 Å². The Bertz CT molecular complexity index is 986. The molecule has 0 aliphatic carbocycles. The Morgan fingerprint density at radius 2 is 1.52 bits per heavy atom. The number of halogens is 2. The van der Waals surface area contributed by atoms with Crippen LogP contribution < -0.4 is 4.72 Å². The first-order valence-corrected chi connectivity index (χ1v) is 8.81. The summed E-state index contributed by atoms with van der Waals surface area (Å²) in [6, 6.07) is 14.0. The van der Waals surface area contributed by atoms with Gasteiger partial charge in [-0.3, -0.25) is 4.72 Å². The second kappa shape index (κ2) is 5.92. The summed E-state index contributed by atoms with van der Waals surface area (Å²) in [6.07, 6.45) is 0. The van der Waals surface area contributed by atoms with Gasteiger partial charge in [-0.25, -0.2) is 8.42 Å². The molecule has 0 heterocycles. The van der Waals surface area contributed by atoms with Crippen LogP contribution in [0.3, 0.4) is 0 Å². The predicted molar refractivity (Wildman–Crippen MR) is 92.9 cm³/mol. The first-order valence-electron chi connectivity index (χ1n) is 6.57. The highest BCUT2D eigenvalue weighted by atomic mass is 35.5. The van der Waals surface area contributed by atoms with Crippen LogP contribution in [-0.2, 0) is 10.0 Å². The van der Waals surface area contributed by atoms with Gasteiger partial charge in [-0.15, -0.1) is 0 Å². The minimum Gasteiger partial charge on any atom is -0.506 e. The molecule has 3 aromatic rings. The average Bonchev–Trinajstić information content (AvgIpc) is 2.52. The van der Waals surface area contributed by atoms with Crippen LogP contribution >= 0.6 is 23.2 Å². The van der Waals surface area contributed by atoms with Crippen molar-refractivity contribution in [3.05, 3.63) is 64.6 Å². The molecule has 0 atom stereocenters. The summed E-state index contributed by atoms with van der Waals surface area (Å²) in [5.74, 6) is -0.0864. The van der Waals surface area contributed by atoms with Gasteiger partial charge in [-0.1, -0.05) is 47.5 Å². The maximum absolute atomic E-state index is 12.5. The molecule has 0 aromatic heterocycles. The summed E-state index contributed by atoms with van der Waals surface area (Å²) in [6.45, 7) is 0. The van der Waals surface area contributed by atoms with E-state index in [1.165, 1.54) is 30.3 Å². The highest BCUT2D eigenvalue weighted by molar-refractivity contribution is 7.92. The molecule has 23 heavy (non-hydrogen) atoms. The first-order chi connectivity index (χ1) is 10.9. The van der Waals surface area contributed by atoms with Crippen molar-refractivity contribution in [1.82, 2.24) is 0 Å². The van der Waals surface area contributed by atoms with Gasteiger partial charge in [0.1, 0.15) is 5.75 Å². The normalized spacial score (nSPS) is 11.6. The zero-order valence-electron chi connectivity index (χ0n) is 11.6. The van der Waals surface area contributed by atoms with Crippen molar-refractivity contribution in [1.29, 1.82) is 0 Å². The van der Waals surface area contributed by atoms with Crippen molar-refractivity contribution >= 4 is 49.7 Å². The Kier molecular flexibility index (Phi) is 4.10. The fourth-order valence-corrected chi connectivity index (χ4v) is 3.64. The molecule has 0 saturated heterocycles. The number of hydrogen-bond acceptors (Lipinski definition) is 3. The van der Waals surface area contributed by atoms with E-state index in [1.54, 1.807) is 24.3 Å². The molecule has 3 aromatic carbocycles. The third-order valence-corrected chi connectivity index (χ3v) is 5.26. The van der Waals surface area contributed by atoms with Crippen LogP contribution in [0.25, 0.3) is 10.8 Å². The van der Waals surface area contributed by atoms with Gasteiger partial charge in [0.2, 0.25) is 0 Å². The van der Waals surface area contributed by atoms with Gasteiger partial charge in [0.05, 0.1) is 15.6 Å². The van der Waals surface area contributed by atoms with E-state index in [-0.39, 0.29) is 15.7 Å². The van der Waals surface area contributed by atoms with Gasteiger partial charge in [0.15, 0.2) is 0 Å². The standard InChI is InChI=1S/C16H11Cl2NO3S/c17-10-5-7-11(8-6-10)23(21,22)19-15-9-14(18)16(20)13-4-2-1-3-12(13)15/h1-9,19-20H. The predicted octanol–water partition coefficient (Wildman–Crippen LogP) is 4.65. The molecule has 0 bridgehead atoms. The fourth-order valence-electron chi connectivity index (χ4n) is 2.23. The number of benzene rings is 3. The summed E-state index contributed by atoms with van der Waals surface area (Å²) in [5.41, 5.74) is 0.290. The molecule has 0 aliphatic rings. The monoisotopic (exact) mass is 367 g/mol. The number of aromatic hydroxyl groups is 1. The second-order valence-electron chi connectivity index (χ2n) is 4.86. The Morgan fingerprint density at radius 3 is 2.17 bits per heavy atom. The van der Waals surface area contributed by atoms with Crippen LogP contribution in [0.4, 0.5) is 5.69 Å². The summed E-state index contributed by atoms with van der Waals surface area (Å²) >= 11 is 11.8. The minimum absolute atomic E-state index is 0.0671. The third-order valence-electron chi connectivity index (χ3n) is 3.34. The Balaban J connectivity index is 2.11. The quantitative estimate of drug-likeness (QED) is 0.661. The van der Waals surface area contributed by atoms with E-state index in [0.29, 0.717) is 21.5 Å². The molecule has 118 valence electrons. The van der Waals surface area contributed by atoms with E-state index in [2.05, 4.69) is 4.72 Å². The molecule has 2 N–H and O–H groups in total. The number of sulfonamides is 1. The van der Waals surface area contributed by atoms with Gasteiger partial charge in [0.25, 0.3) is 10.0 Å². The van der Waals surface area contributed by atoms with Crippen molar-refractivity contribution in [2.45, 2.75) is 4.90 Å². The number of nitrogens with one attached hydrogen (secondary N) is 1. The second-order valence-corrected chi connectivity index (χ2v) is 7.39. The van der Waals surface area contributed by atoms with Crippen LogP contribution in [0.15, 0.2) is 59.5 Å². The lowest BCUT2D eigenvalue weighted by Crippen LogP contribution is -2.13. The highest BCUT2D eigenvalue weighted by Gasteiger charge is 2.17. The van der Waals surface area contributed by atoms with Crippen molar-refractivity contribution in [3.63, 3.8) is 0 Å². The van der Waals surface area contributed by atoms with Gasteiger partial charge >= 0.3 is 0 Å². The molecular weight excluding hydrogens is 357 g/mol. The van der Waals surface area contributed by atoms with Crippen LogP contribution in [0, 0.1) is 0 Å². The Labute approximate surface area is 143 Å². The number of phenolic OH excluding ortho intramolecular Hbond substituents is 1. The summed E-state index contributed by atoms with van der Waals surface area (Å²) in [4.78, 5) is 0.0789.